The van der Waals surface area contributed by atoms with Gasteiger partial charge in [-0.05, 0) is 47.2 Å². The van der Waals surface area contributed by atoms with Crippen molar-refractivity contribution in [3.05, 3.63) is 21.8 Å². The van der Waals surface area contributed by atoms with Crippen LogP contribution in [-0.2, 0) is 4.79 Å². The van der Waals surface area contributed by atoms with E-state index in [1.807, 2.05) is 23.1 Å². The lowest BCUT2D eigenvalue weighted by Crippen LogP contribution is -2.39. The second-order valence-electron chi connectivity index (χ2n) is 5.57. The molecular formula is C17H24INO2. The van der Waals surface area contributed by atoms with E-state index in [-0.39, 0.29) is 12.5 Å². The van der Waals surface area contributed by atoms with Crippen molar-refractivity contribution in [3.8, 4) is 5.75 Å². The summed E-state index contributed by atoms with van der Waals surface area (Å²) in [5.41, 5.74) is 0.928. The van der Waals surface area contributed by atoms with Gasteiger partial charge >= 0.3 is 0 Å². The highest BCUT2D eigenvalue weighted by Crippen LogP contribution is 2.33. The number of ether oxygens (including phenoxy) is 1. The molecule has 1 heterocycles. The normalized spacial score (nSPS) is 14.0. The summed E-state index contributed by atoms with van der Waals surface area (Å²) in [6.07, 6.45) is 8.84. The highest BCUT2D eigenvalue weighted by Gasteiger charge is 2.24. The number of carbonyl (C=O) groups is 1. The van der Waals surface area contributed by atoms with Gasteiger partial charge in [0, 0.05) is 10.1 Å². The van der Waals surface area contributed by atoms with Crippen LogP contribution in [0.3, 0.4) is 0 Å². The predicted molar refractivity (Wildman–Crippen MR) is 95.0 cm³/mol. The highest BCUT2D eigenvalue weighted by atomic mass is 127. The molecule has 0 aliphatic carbocycles. The van der Waals surface area contributed by atoms with E-state index in [2.05, 4.69) is 29.5 Å². The fourth-order valence-electron chi connectivity index (χ4n) is 2.65. The lowest BCUT2D eigenvalue weighted by Gasteiger charge is -2.29. The van der Waals surface area contributed by atoms with Gasteiger partial charge in [-0.15, -0.1) is 0 Å². The summed E-state index contributed by atoms with van der Waals surface area (Å²) >= 11 is 2.27. The SMILES string of the molecule is CCCCCCCCCN1C(=O)COc2cc(I)ccc21. The maximum atomic E-state index is 12.0. The van der Waals surface area contributed by atoms with Crippen LogP contribution < -0.4 is 9.64 Å². The lowest BCUT2D eigenvalue weighted by atomic mass is 10.1. The zero-order chi connectivity index (χ0) is 15.1. The number of rotatable bonds is 8. The third kappa shape index (κ3) is 4.87. The second kappa shape index (κ2) is 8.61. The molecule has 21 heavy (non-hydrogen) atoms. The molecule has 0 saturated carbocycles. The zero-order valence-electron chi connectivity index (χ0n) is 12.7. The van der Waals surface area contributed by atoms with E-state index >= 15 is 0 Å². The first-order valence-electron chi connectivity index (χ1n) is 7.95. The molecule has 0 saturated heterocycles. The summed E-state index contributed by atoms with van der Waals surface area (Å²) < 4.78 is 6.66. The molecule has 1 amide bonds. The number of fused-ring (bicyclic) bond motifs is 1. The molecule has 1 aromatic carbocycles. The molecule has 0 spiro atoms. The van der Waals surface area contributed by atoms with Gasteiger partial charge in [-0.25, -0.2) is 0 Å². The lowest BCUT2D eigenvalue weighted by molar-refractivity contribution is -0.121. The van der Waals surface area contributed by atoms with Gasteiger partial charge in [0.15, 0.2) is 6.61 Å². The Hall–Kier alpha value is -0.780. The minimum absolute atomic E-state index is 0.0784. The molecule has 3 nitrogen and oxygen atoms in total. The van der Waals surface area contributed by atoms with E-state index in [9.17, 15) is 4.79 Å². The predicted octanol–water partition coefficient (Wildman–Crippen LogP) is 4.77. The minimum Gasteiger partial charge on any atom is -0.482 e. The molecule has 0 aromatic heterocycles. The molecule has 1 aliphatic heterocycles. The van der Waals surface area contributed by atoms with Crippen LogP contribution in [0.2, 0.25) is 0 Å². The number of hydrogen-bond donors (Lipinski definition) is 0. The average Bonchev–Trinajstić information content (AvgIpc) is 2.48. The van der Waals surface area contributed by atoms with Crippen molar-refractivity contribution < 1.29 is 9.53 Å². The quantitative estimate of drug-likeness (QED) is 0.464. The third-order valence-corrected chi connectivity index (χ3v) is 4.52. The van der Waals surface area contributed by atoms with Crippen LogP contribution in [0.4, 0.5) is 5.69 Å². The molecule has 2 rings (SSSR count). The Kier molecular flexibility index (Phi) is 6.80. The standard InChI is InChI=1S/C17H24INO2/c1-2-3-4-5-6-7-8-11-19-15-10-9-14(18)12-16(15)21-13-17(19)20/h9-10,12H,2-8,11,13H2,1H3. The van der Waals surface area contributed by atoms with E-state index in [0.29, 0.717) is 0 Å². The van der Waals surface area contributed by atoms with Gasteiger partial charge < -0.3 is 9.64 Å². The van der Waals surface area contributed by atoms with E-state index in [4.69, 9.17) is 4.74 Å². The first-order valence-corrected chi connectivity index (χ1v) is 9.03. The maximum absolute atomic E-state index is 12.0. The van der Waals surface area contributed by atoms with Crippen molar-refractivity contribution in [2.24, 2.45) is 0 Å². The molecule has 0 fully saturated rings. The Bertz CT molecular complexity index is 476. The van der Waals surface area contributed by atoms with E-state index in [1.165, 1.54) is 38.5 Å². The summed E-state index contributed by atoms with van der Waals surface area (Å²) in [5.74, 6) is 0.916. The van der Waals surface area contributed by atoms with Crippen molar-refractivity contribution in [3.63, 3.8) is 0 Å². The van der Waals surface area contributed by atoms with Gasteiger partial charge in [0.05, 0.1) is 5.69 Å². The maximum Gasteiger partial charge on any atom is 0.265 e. The molecule has 0 unspecified atom stereocenters. The highest BCUT2D eigenvalue weighted by molar-refractivity contribution is 14.1. The van der Waals surface area contributed by atoms with Crippen molar-refractivity contribution in [1.82, 2.24) is 0 Å². The van der Waals surface area contributed by atoms with Crippen molar-refractivity contribution in [2.45, 2.75) is 51.9 Å². The van der Waals surface area contributed by atoms with E-state index < -0.39 is 0 Å². The first-order chi connectivity index (χ1) is 10.2. The zero-order valence-corrected chi connectivity index (χ0v) is 14.9. The number of nitrogens with zero attached hydrogens (tertiary/aromatic N) is 1. The monoisotopic (exact) mass is 401 g/mol. The molecular weight excluding hydrogens is 377 g/mol. The number of carbonyl (C=O) groups excluding carboxylic acids is 1. The Labute approximate surface area is 141 Å². The van der Waals surface area contributed by atoms with Crippen LogP contribution in [0.25, 0.3) is 0 Å². The average molecular weight is 401 g/mol. The van der Waals surface area contributed by atoms with Gasteiger partial charge in [0.25, 0.3) is 5.91 Å². The van der Waals surface area contributed by atoms with Crippen molar-refractivity contribution >= 4 is 34.2 Å². The topological polar surface area (TPSA) is 29.5 Å². The van der Waals surface area contributed by atoms with Gasteiger partial charge in [0.2, 0.25) is 0 Å². The van der Waals surface area contributed by atoms with Crippen LogP contribution in [0.1, 0.15) is 51.9 Å². The van der Waals surface area contributed by atoms with Crippen LogP contribution >= 0.6 is 22.6 Å². The summed E-state index contributed by atoms with van der Waals surface area (Å²) in [7, 11) is 0. The number of anilines is 1. The molecule has 1 aliphatic rings. The molecule has 4 heteroatoms. The molecule has 0 atom stereocenters. The number of benzene rings is 1. The molecule has 116 valence electrons. The number of unbranched alkanes of at least 4 members (excludes halogenated alkanes) is 6. The summed E-state index contributed by atoms with van der Waals surface area (Å²) in [5, 5.41) is 0. The molecule has 0 radical (unpaired) electrons. The molecule has 0 N–H and O–H groups in total. The second-order valence-corrected chi connectivity index (χ2v) is 6.81. The van der Waals surface area contributed by atoms with Crippen molar-refractivity contribution in [2.75, 3.05) is 18.1 Å². The van der Waals surface area contributed by atoms with Crippen LogP contribution in [0.15, 0.2) is 18.2 Å². The summed E-state index contributed by atoms with van der Waals surface area (Å²) in [6.45, 7) is 3.22. The number of hydrogen-bond acceptors (Lipinski definition) is 2. The molecule has 1 aromatic rings. The fourth-order valence-corrected chi connectivity index (χ4v) is 3.11. The number of halogens is 1. The van der Waals surface area contributed by atoms with Gasteiger partial charge in [0.1, 0.15) is 5.75 Å². The third-order valence-electron chi connectivity index (χ3n) is 3.85. The van der Waals surface area contributed by atoms with Crippen molar-refractivity contribution in [1.29, 1.82) is 0 Å². The Balaban J connectivity index is 1.81. The summed E-state index contributed by atoms with van der Waals surface area (Å²) in [4.78, 5) is 13.9. The van der Waals surface area contributed by atoms with Gasteiger partial charge in [-0.3, -0.25) is 4.79 Å². The smallest absolute Gasteiger partial charge is 0.265 e. The van der Waals surface area contributed by atoms with Crippen LogP contribution in [0.5, 0.6) is 5.75 Å². The van der Waals surface area contributed by atoms with Gasteiger partial charge in [-0.1, -0.05) is 45.4 Å². The largest absolute Gasteiger partial charge is 0.482 e. The minimum atomic E-state index is 0.0784. The molecule has 0 bridgehead atoms. The Morgan fingerprint density at radius 1 is 1.14 bits per heavy atom. The Morgan fingerprint density at radius 2 is 1.86 bits per heavy atom. The van der Waals surface area contributed by atoms with Gasteiger partial charge in [-0.2, -0.15) is 0 Å². The van der Waals surface area contributed by atoms with Crippen LogP contribution in [-0.4, -0.2) is 19.1 Å². The fraction of sp³-hybridized carbons (Fsp3) is 0.588. The van der Waals surface area contributed by atoms with E-state index in [0.717, 1.165) is 28.0 Å². The van der Waals surface area contributed by atoms with Crippen LogP contribution in [0, 0.1) is 3.57 Å². The van der Waals surface area contributed by atoms with E-state index in [1.54, 1.807) is 0 Å². The summed E-state index contributed by atoms with van der Waals surface area (Å²) in [6, 6.07) is 6.02. The first kappa shape index (κ1) is 16.6. The number of amides is 1. The Morgan fingerprint density at radius 3 is 2.62 bits per heavy atom.